The molecule has 1 amide bonds. The molecule has 0 radical (unpaired) electrons. The second-order valence-electron chi connectivity index (χ2n) is 4.22. The molecule has 0 aromatic carbocycles. The molecular weight excluding hydrogens is 208 g/mol. The van der Waals surface area contributed by atoms with Crippen molar-refractivity contribution in [3.8, 4) is 0 Å². The van der Waals surface area contributed by atoms with Gasteiger partial charge in [0, 0.05) is 6.54 Å². The lowest BCUT2D eigenvalue weighted by Gasteiger charge is -2.24. The maximum atomic E-state index is 11.7. The summed E-state index contributed by atoms with van der Waals surface area (Å²) in [4.78, 5) is 11.7. The smallest absolute Gasteiger partial charge is 0.237 e. The molecule has 1 rings (SSSR count). The van der Waals surface area contributed by atoms with Gasteiger partial charge in [0.15, 0.2) is 0 Å². The maximum absolute atomic E-state index is 11.7. The third kappa shape index (κ3) is 4.08. The van der Waals surface area contributed by atoms with Gasteiger partial charge in [0.25, 0.3) is 0 Å². The molecule has 3 atom stereocenters. The number of hydrogen-bond donors (Lipinski definition) is 2. The summed E-state index contributed by atoms with van der Waals surface area (Å²) in [5.41, 5.74) is 5.80. The van der Waals surface area contributed by atoms with Crippen LogP contribution in [-0.4, -0.2) is 44.4 Å². The van der Waals surface area contributed by atoms with Crippen LogP contribution in [0.1, 0.15) is 20.3 Å². The van der Waals surface area contributed by atoms with Crippen LogP contribution in [-0.2, 0) is 14.3 Å². The van der Waals surface area contributed by atoms with Gasteiger partial charge in [0.05, 0.1) is 32.0 Å². The van der Waals surface area contributed by atoms with Crippen molar-refractivity contribution in [1.82, 2.24) is 5.32 Å². The van der Waals surface area contributed by atoms with Gasteiger partial charge in [-0.2, -0.15) is 0 Å². The number of carbonyl (C=O) groups excluding carboxylic acids is 1. The summed E-state index contributed by atoms with van der Waals surface area (Å²) in [5.74, 6) is 0.0899. The molecular formula is C11H22N2O3. The van der Waals surface area contributed by atoms with Crippen LogP contribution in [0.3, 0.4) is 0 Å². The minimum absolute atomic E-state index is 0.0400. The minimum Gasteiger partial charge on any atom is -0.376 e. The lowest BCUT2D eigenvalue weighted by Crippen LogP contribution is -2.48. The Labute approximate surface area is 96.7 Å². The zero-order chi connectivity index (χ0) is 12.0. The van der Waals surface area contributed by atoms with Crippen molar-refractivity contribution in [1.29, 1.82) is 0 Å². The van der Waals surface area contributed by atoms with E-state index in [2.05, 4.69) is 5.32 Å². The van der Waals surface area contributed by atoms with Crippen molar-refractivity contribution in [3.63, 3.8) is 0 Å². The molecule has 1 fully saturated rings. The molecule has 16 heavy (non-hydrogen) atoms. The molecule has 0 aromatic heterocycles. The number of carbonyl (C=O) groups is 1. The Bertz CT molecular complexity index is 217. The van der Waals surface area contributed by atoms with Crippen LogP contribution in [0.2, 0.25) is 0 Å². The van der Waals surface area contributed by atoms with E-state index in [9.17, 15) is 4.79 Å². The van der Waals surface area contributed by atoms with Gasteiger partial charge < -0.3 is 20.5 Å². The minimum atomic E-state index is -0.436. The van der Waals surface area contributed by atoms with Gasteiger partial charge in [0.2, 0.25) is 5.91 Å². The molecule has 1 saturated heterocycles. The fraction of sp³-hybridized carbons (Fsp3) is 0.909. The Morgan fingerprint density at radius 1 is 1.56 bits per heavy atom. The first-order valence-electron chi connectivity index (χ1n) is 5.87. The Morgan fingerprint density at radius 3 is 2.88 bits per heavy atom. The zero-order valence-electron chi connectivity index (χ0n) is 10.1. The van der Waals surface area contributed by atoms with Gasteiger partial charge in [-0.05, 0) is 5.92 Å². The molecule has 5 nitrogen and oxygen atoms in total. The van der Waals surface area contributed by atoms with E-state index in [1.165, 1.54) is 0 Å². The molecule has 94 valence electrons. The molecule has 0 saturated carbocycles. The highest BCUT2D eigenvalue weighted by Gasteiger charge is 2.21. The molecule has 1 aliphatic rings. The molecule has 0 aromatic rings. The van der Waals surface area contributed by atoms with Crippen LogP contribution in [0, 0.1) is 5.92 Å². The number of amides is 1. The van der Waals surface area contributed by atoms with E-state index in [-0.39, 0.29) is 17.9 Å². The van der Waals surface area contributed by atoms with Gasteiger partial charge in [0.1, 0.15) is 0 Å². The highest BCUT2D eigenvalue weighted by molar-refractivity contribution is 5.81. The summed E-state index contributed by atoms with van der Waals surface area (Å²) in [6.45, 7) is 6.25. The van der Waals surface area contributed by atoms with Crippen LogP contribution in [0.4, 0.5) is 0 Å². The zero-order valence-corrected chi connectivity index (χ0v) is 10.1. The number of ether oxygens (including phenoxy) is 2. The Morgan fingerprint density at radius 2 is 2.31 bits per heavy atom. The van der Waals surface area contributed by atoms with Gasteiger partial charge in [-0.15, -0.1) is 0 Å². The molecule has 0 aliphatic carbocycles. The predicted molar refractivity (Wildman–Crippen MR) is 61.0 cm³/mol. The van der Waals surface area contributed by atoms with E-state index >= 15 is 0 Å². The third-order valence-electron chi connectivity index (χ3n) is 2.95. The van der Waals surface area contributed by atoms with Crippen molar-refractivity contribution in [3.05, 3.63) is 0 Å². The van der Waals surface area contributed by atoms with Crippen molar-refractivity contribution >= 4 is 5.91 Å². The summed E-state index contributed by atoms with van der Waals surface area (Å²) in [5, 5.41) is 2.80. The molecule has 1 aliphatic heterocycles. The number of hydrogen-bond acceptors (Lipinski definition) is 4. The quantitative estimate of drug-likeness (QED) is 0.691. The Hall–Kier alpha value is -0.650. The molecule has 0 bridgehead atoms. The van der Waals surface area contributed by atoms with Gasteiger partial charge in [-0.3, -0.25) is 4.79 Å². The highest BCUT2D eigenvalue weighted by atomic mass is 16.6. The van der Waals surface area contributed by atoms with Gasteiger partial charge in [-0.25, -0.2) is 0 Å². The second-order valence-corrected chi connectivity index (χ2v) is 4.22. The molecule has 3 N–H and O–H groups in total. The van der Waals surface area contributed by atoms with Crippen LogP contribution < -0.4 is 11.1 Å². The molecule has 1 heterocycles. The number of rotatable bonds is 5. The van der Waals surface area contributed by atoms with Crippen LogP contribution in [0.5, 0.6) is 0 Å². The fourth-order valence-corrected chi connectivity index (χ4v) is 1.50. The van der Waals surface area contributed by atoms with E-state index < -0.39 is 6.04 Å². The van der Waals surface area contributed by atoms with Crippen LogP contribution in [0.25, 0.3) is 0 Å². The SMILES string of the molecule is CCC(C)C(N)C(=O)NCC1COCCO1. The summed E-state index contributed by atoms with van der Waals surface area (Å²) in [6.07, 6.45) is 0.860. The third-order valence-corrected chi connectivity index (χ3v) is 2.95. The van der Waals surface area contributed by atoms with Gasteiger partial charge >= 0.3 is 0 Å². The van der Waals surface area contributed by atoms with Crippen molar-refractivity contribution in [2.24, 2.45) is 11.7 Å². The standard InChI is InChI=1S/C11H22N2O3/c1-3-8(2)10(12)11(14)13-6-9-7-15-4-5-16-9/h8-10H,3-7,12H2,1-2H3,(H,13,14). The molecule has 5 heteroatoms. The number of nitrogens with one attached hydrogen (secondary N) is 1. The predicted octanol–water partition coefficient (Wildman–Crippen LogP) is -0.109. The average Bonchev–Trinajstić information content (AvgIpc) is 2.35. The molecule has 0 spiro atoms. The summed E-state index contributed by atoms with van der Waals surface area (Å²) >= 11 is 0. The van der Waals surface area contributed by atoms with E-state index in [1.807, 2.05) is 13.8 Å². The average molecular weight is 230 g/mol. The summed E-state index contributed by atoms with van der Waals surface area (Å²) in [7, 11) is 0. The first-order chi connectivity index (χ1) is 7.65. The summed E-state index contributed by atoms with van der Waals surface area (Å²) < 4.78 is 10.7. The topological polar surface area (TPSA) is 73.6 Å². The largest absolute Gasteiger partial charge is 0.376 e. The summed E-state index contributed by atoms with van der Waals surface area (Å²) in [6, 6.07) is -0.436. The van der Waals surface area contributed by atoms with E-state index in [0.29, 0.717) is 26.4 Å². The lowest BCUT2D eigenvalue weighted by molar-refractivity contribution is -0.126. The second kappa shape index (κ2) is 6.83. The monoisotopic (exact) mass is 230 g/mol. The first-order valence-corrected chi connectivity index (χ1v) is 5.87. The number of nitrogens with two attached hydrogens (primary N) is 1. The van der Waals surface area contributed by atoms with Crippen LogP contribution in [0.15, 0.2) is 0 Å². The first kappa shape index (κ1) is 13.4. The van der Waals surface area contributed by atoms with E-state index in [1.54, 1.807) is 0 Å². The lowest BCUT2D eigenvalue weighted by atomic mass is 9.99. The highest BCUT2D eigenvalue weighted by Crippen LogP contribution is 2.05. The molecule has 3 unspecified atom stereocenters. The Balaban J connectivity index is 2.23. The van der Waals surface area contributed by atoms with E-state index in [4.69, 9.17) is 15.2 Å². The fourth-order valence-electron chi connectivity index (χ4n) is 1.50. The van der Waals surface area contributed by atoms with Crippen molar-refractivity contribution in [2.45, 2.75) is 32.4 Å². The van der Waals surface area contributed by atoms with E-state index in [0.717, 1.165) is 6.42 Å². The van der Waals surface area contributed by atoms with Crippen LogP contribution >= 0.6 is 0 Å². The normalized spacial score (nSPS) is 24.8. The van der Waals surface area contributed by atoms with Crippen molar-refractivity contribution < 1.29 is 14.3 Å². The van der Waals surface area contributed by atoms with Gasteiger partial charge in [-0.1, -0.05) is 20.3 Å². The van der Waals surface area contributed by atoms with Crippen molar-refractivity contribution in [2.75, 3.05) is 26.4 Å². The Kier molecular flexibility index (Phi) is 5.73. The maximum Gasteiger partial charge on any atom is 0.237 e.